The van der Waals surface area contributed by atoms with Crippen LogP contribution in [-0.4, -0.2) is 36.3 Å². The lowest BCUT2D eigenvalue weighted by atomic mass is 9.98. The van der Waals surface area contributed by atoms with Gasteiger partial charge in [-0.05, 0) is 51.7 Å². The van der Waals surface area contributed by atoms with Crippen LogP contribution in [0.3, 0.4) is 0 Å². The topological polar surface area (TPSA) is 38.8 Å². The van der Waals surface area contributed by atoms with E-state index in [1.807, 2.05) is 20.8 Å². The van der Waals surface area contributed by atoms with E-state index >= 15 is 0 Å². The molecular formula is C17H23F2NO3. The van der Waals surface area contributed by atoms with E-state index in [0.29, 0.717) is 19.7 Å². The van der Waals surface area contributed by atoms with Gasteiger partial charge in [0.25, 0.3) is 0 Å². The molecule has 1 aliphatic rings. The van der Waals surface area contributed by atoms with Gasteiger partial charge in [-0.3, -0.25) is 0 Å². The normalized spacial score (nSPS) is 16.3. The number of nitrogens with zero attached hydrogens (tertiary/aromatic N) is 1. The fourth-order valence-corrected chi connectivity index (χ4v) is 2.41. The molecule has 1 heterocycles. The van der Waals surface area contributed by atoms with Crippen LogP contribution in [0.5, 0.6) is 5.75 Å². The van der Waals surface area contributed by atoms with Crippen LogP contribution < -0.4 is 4.74 Å². The van der Waals surface area contributed by atoms with Crippen LogP contribution in [0.15, 0.2) is 18.2 Å². The average molecular weight is 327 g/mol. The van der Waals surface area contributed by atoms with Crippen molar-refractivity contribution in [2.24, 2.45) is 5.92 Å². The van der Waals surface area contributed by atoms with Crippen molar-refractivity contribution in [2.45, 2.75) is 39.2 Å². The van der Waals surface area contributed by atoms with E-state index < -0.39 is 17.2 Å². The highest BCUT2D eigenvalue weighted by atomic mass is 19.2. The lowest BCUT2D eigenvalue weighted by Crippen LogP contribution is -2.42. The predicted octanol–water partition coefficient (Wildman–Crippen LogP) is 3.99. The molecule has 1 saturated heterocycles. The monoisotopic (exact) mass is 327 g/mol. The maximum Gasteiger partial charge on any atom is 0.410 e. The smallest absolute Gasteiger partial charge is 0.410 e. The molecule has 23 heavy (non-hydrogen) atoms. The van der Waals surface area contributed by atoms with Crippen LogP contribution in [0.25, 0.3) is 0 Å². The van der Waals surface area contributed by atoms with Gasteiger partial charge in [0.05, 0.1) is 6.61 Å². The van der Waals surface area contributed by atoms with Crippen LogP contribution in [0.1, 0.15) is 33.6 Å². The second kappa shape index (κ2) is 7.15. The Morgan fingerprint density at radius 2 is 1.91 bits per heavy atom. The summed E-state index contributed by atoms with van der Waals surface area (Å²) in [6.07, 6.45) is 1.18. The largest absolute Gasteiger partial charge is 0.490 e. The fraction of sp³-hybridized carbons (Fsp3) is 0.588. The molecular weight excluding hydrogens is 304 g/mol. The third kappa shape index (κ3) is 5.08. The van der Waals surface area contributed by atoms with Gasteiger partial charge in [-0.15, -0.1) is 0 Å². The second-order valence-corrected chi connectivity index (χ2v) is 6.77. The minimum atomic E-state index is -0.960. The van der Waals surface area contributed by atoms with Crippen molar-refractivity contribution in [1.29, 1.82) is 0 Å². The van der Waals surface area contributed by atoms with Crippen LogP contribution in [0.4, 0.5) is 13.6 Å². The van der Waals surface area contributed by atoms with Crippen molar-refractivity contribution >= 4 is 6.09 Å². The first-order valence-corrected chi connectivity index (χ1v) is 7.81. The number of carbonyl (C=O) groups excluding carboxylic acids is 1. The van der Waals surface area contributed by atoms with Gasteiger partial charge in [-0.25, -0.2) is 9.18 Å². The van der Waals surface area contributed by atoms with Crippen molar-refractivity contribution in [3.05, 3.63) is 29.8 Å². The Kier molecular flexibility index (Phi) is 5.44. The standard InChI is InChI=1S/C17H23F2NO3/c1-17(2,3)23-16(21)20-9-7-12(8-10-20)11-22-14-6-4-5-13(18)15(14)19/h4-6,12H,7-11H2,1-3H3. The summed E-state index contributed by atoms with van der Waals surface area (Å²) in [5.74, 6) is -1.74. The highest BCUT2D eigenvalue weighted by Gasteiger charge is 2.27. The Labute approximate surface area is 135 Å². The number of benzene rings is 1. The highest BCUT2D eigenvalue weighted by Crippen LogP contribution is 2.23. The number of amides is 1. The molecule has 6 heteroatoms. The van der Waals surface area contributed by atoms with Gasteiger partial charge in [0.15, 0.2) is 11.6 Å². The third-order valence-electron chi connectivity index (χ3n) is 3.66. The van der Waals surface area contributed by atoms with Gasteiger partial charge in [-0.1, -0.05) is 6.07 Å². The molecule has 0 aliphatic carbocycles. The van der Waals surface area contributed by atoms with E-state index in [1.165, 1.54) is 12.1 Å². The zero-order valence-corrected chi connectivity index (χ0v) is 13.8. The second-order valence-electron chi connectivity index (χ2n) is 6.77. The average Bonchev–Trinajstić information content (AvgIpc) is 2.47. The van der Waals surface area contributed by atoms with E-state index in [2.05, 4.69) is 0 Å². The number of hydrogen-bond acceptors (Lipinski definition) is 3. The van der Waals surface area contributed by atoms with Crippen LogP contribution >= 0.6 is 0 Å². The van der Waals surface area contributed by atoms with E-state index in [1.54, 1.807) is 4.90 Å². The first-order chi connectivity index (χ1) is 10.8. The van der Waals surface area contributed by atoms with Gasteiger partial charge in [0, 0.05) is 13.1 Å². The molecule has 128 valence electrons. The molecule has 0 aromatic heterocycles. The van der Waals surface area contributed by atoms with Crippen LogP contribution in [0.2, 0.25) is 0 Å². The molecule has 0 bridgehead atoms. The lowest BCUT2D eigenvalue weighted by Gasteiger charge is -2.33. The van der Waals surface area contributed by atoms with Gasteiger partial charge in [0.2, 0.25) is 5.82 Å². The van der Waals surface area contributed by atoms with Gasteiger partial charge >= 0.3 is 6.09 Å². The van der Waals surface area contributed by atoms with Crippen molar-refractivity contribution < 1.29 is 23.0 Å². The Bertz CT molecular complexity index is 549. The van der Waals surface area contributed by atoms with E-state index in [0.717, 1.165) is 18.9 Å². The molecule has 0 unspecified atom stereocenters. The summed E-state index contributed by atoms with van der Waals surface area (Å²) < 4.78 is 37.3. The molecule has 1 amide bonds. The quantitative estimate of drug-likeness (QED) is 0.842. The molecule has 4 nitrogen and oxygen atoms in total. The van der Waals surface area contributed by atoms with Gasteiger partial charge in [0.1, 0.15) is 5.60 Å². The summed E-state index contributed by atoms with van der Waals surface area (Å²) in [7, 11) is 0. The number of hydrogen-bond donors (Lipinski definition) is 0. The molecule has 0 saturated carbocycles. The molecule has 1 aliphatic heterocycles. The summed E-state index contributed by atoms with van der Waals surface area (Å²) >= 11 is 0. The van der Waals surface area contributed by atoms with Crippen LogP contribution in [0, 0.1) is 17.6 Å². The van der Waals surface area contributed by atoms with Crippen molar-refractivity contribution in [3.63, 3.8) is 0 Å². The Morgan fingerprint density at radius 3 is 2.52 bits per heavy atom. The summed E-state index contributed by atoms with van der Waals surface area (Å²) in [5, 5.41) is 0. The fourth-order valence-electron chi connectivity index (χ4n) is 2.41. The van der Waals surface area contributed by atoms with Gasteiger partial charge < -0.3 is 14.4 Å². The van der Waals surface area contributed by atoms with Crippen molar-refractivity contribution in [2.75, 3.05) is 19.7 Å². The SMILES string of the molecule is CC(C)(C)OC(=O)N1CCC(COc2cccc(F)c2F)CC1. The van der Waals surface area contributed by atoms with Crippen molar-refractivity contribution in [1.82, 2.24) is 4.90 Å². The van der Waals surface area contributed by atoms with E-state index in [9.17, 15) is 13.6 Å². The van der Waals surface area contributed by atoms with E-state index in [4.69, 9.17) is 9.47 Å². The molecule has 1 fully saturated rings. The molecule has 0 N–H and O–H groups in total. The number of carbonyl (C=O) groups is 1. The Morgan fingerprint density at radius 1 is 1.26 bits per heavy atom. The molecule has 0 atom stereocenters. The summed E-state index contributed by atoms with van der Waals surface area (Å²) in [6.45, 7) is 6.96. The third-order valence-corrected chi connectivity index (χ3v) is 3.66. The van der Waals surface area contributed by atoms with Crippen molar-refractivity contribution in [3.8, 4) is 5.75 Å². The summed E-state index contributed by atoms with van der Waals surface area (Å²) in [6, 6.07) is 3.88. The molecule has 1 aromatic rings. The number of likely N-dealkylation sites (tertiary alicyclic amines) is 1. The molecule has 1 aromatic carbocycles. The lowest BCUT2D eigenvalue weighted by molar-refractivity contribution is 0.0164. The first-order valence-electron chi connectivity index (χ1n) is 7.81. The molecule has 2 rings (SSSR count). The first kappa shape index (κ1) is 17.5. The maximum atomic E-state index is 13.5. The molecule has 0 radical (unpaired) electrons. The molecule has 0 spiro atoms. The Hall–Kier alpha value is -1.85. The van der Waals surface area contributed by atoms with E-state index in [-0.39, 0.29) is 17.8 Å². The zero-order chi connectivity index (χ0) is 17.0. The van der Waals surface area contributed by atoms with Gasteiger partial charge in [-0.2, -0.15) is 4.39 Å². The number of halogens is 2. The summed E-state index contributed by atoms with van der Waals surface area (Å²) in [5.41, 5.74) is -0.508. The number of ether oxygens (including phenoxy) is 2. The Balaban J connectivity index is 1.79. The number of rotatable bonds is 3. The minimum Gasteiger partial charge on any atom is -0.490 e. The maximum absolute atomic E-state index is 13.5. The minimum absolute atomic E-state index is 0.0698. The highest BCUT2D eigenvalue weighted by molar-refractivity contribution is 5.68. The zero-order valence-electron chi connectivity index (χ0n) is 13.8. The summed E-state index contributed by atoms with van der Waals surface area (Å²) in [4.78, 5) is 13.6. The predicted molar refractivity (Wildman–Crippen MR) is 82.4 cm³/mol. The van der Waals surface area contributed by atoms with Crippen LogP contribution in [-0.2, 0) is 4.74 Å². The number of piperidine rings is 1.